The van der Waals surface area contributed by atoms with Crippen molar-refractivity contribution in [3.8, 4) is 0 Å². The molecule has 0 radical (unpaired) electrons. The number of carbonyl (C=O) groups excluding carboxylic acids is 1. The molecule has 0 atom stereocenters. The van der Waals surface area contributed by atoms with Gasteiger partial charge < -0.3 is 0 Å². The summed E-state index contributed by atoms with van der Waals surface area (Å²) < 4.78 is 1.13. The summed E-state index contributed by atoms with van der Waals surface area (Å²) in [7, 11) is 0. The molecule has 2 heterocycles. The summed E-state index contributed by atoms with van der Waals surface area (Å²) in [4.78, 5) is 25.8. The van der Waals surface area contributed by atoms with Crippen LogP contribution in [0.15, 0.2) is 65.7 Å². The number of pyridine rings is 1. The Balaban J connectivity index is 1.64. The van der Waals surface area contributed by atoms with Crippen LogP contribution in [0, 0.1) is 13.8 Å². The second kappa shape index (κ2) is 9.84. The number of rotatable bonds is 7. The van der Waals surface area contributed by atoms with Crippen molar-refractivity contribution < 1.29 is 4.79 Å². The van der Waals surface area contributed by atoms with Crippen LogP contribution in [-0.4, -0.2) is 21.1 Å². The summed E-state index contributed by atoms with van der Waals surface area (Å²) in [6, 6.07) is 18.3. The molecule has 4 nitrogen and oxygen atoms in total. The number of hydrogen-bond acceptors (Lipinski definition) is 5. The lowest BCUT2D eigenvalue weighted by atomic mass is 10.1. The van der Waals surface area contributed by atoms with Crippen molar-refractivity contribution in [2.24, 2.45) is 0 Å². The Hall–Kier alpha value is -2.70. The van der Waals surface area contributed by atoms with Gasteiger partial charge in [-0.3, -0.25) is 14.7 Å². The van der Waals surface area contributed by atoms with Crippen molar-refractivity contribution in [2.75, 3.05) is 4.90 Å². The first-order valence-electron chi connectivity index (χ1n) is 10.7. The van der Waals surface area contributed by atoms with Crippen molar-refractivity contribution >= 4 is 44.4 Å². The number of benzene rings is 2. The number of thioether (sulfide) groups is 1. The fourth-order valence-corrected chi connectivity index (χ4v) is 5.47. The minimum absolute atomic E-state index is 0.0225. The van der Waals surface area contributed by atoms with Gasteiger partial charge in [0.05, 0.1) is 28.9 Å². The molecule has 0 N–H and O–H groups in total. The average molecular weight is 462 g/mol. The van der Waals surface area contributed by atoms with Crippen LogP contribution in [-0.2, 0) is 17.8 Å². The number of amides is 1. The van der Waals surface area contributed by atoms with Crippen molar-refractivity contribution in [1.29, 1.82) is 0 Å². The monoisotopic (exact) mass is 461 g/mol. The second-order valence-electron chi connectivity index (χ2n) is 8.16. The summed E-state index contributed by atoms with van der Waals surface area (Å²) in [5.41, 5.74) is 5.12. The lowest BCUT2D eigenvalue weighted by Crippen LogP contribution is -2.32. The Morgan fingerprint density at radius 3 is 2.44 bits per heavy atom. The van der Waals surface area contributed by atoms with Gasteiger partial charge in [-0.2, -0.15) is 0 Å². The zero-order chi connectivity index (χ0) is 22.7. The van der Waals surface area contributed by atoms with Gasteiger partial charge in [0, 0.05) is 16.3 Å². The van der Waals surface area contributed by atoms with Crippen LogP contribution < -0.4 is 4.90 Å². The maximum atomic E-state index is 13.5. The quantitative estimate of drug-likeness (QED) is 0.292. The Bertz CT molecular complexity index is 1180. The maximum Gasteiger partial charge on any atom is 0.233 e. The smallest absolute Gasteiger partial charge is 0.233 e. The molecule has 0 saturated carbocycles. The second-order valence-corrected chi connectivity index (χ2v) is 10.8. The van der Waals surface area contributed by atoms with Crippen LogP contribution >= 0.6 is 23.1 Å². The third kappa shape index (κ3) is 5.19. The Morgan fingerprint density at radius 2 is 1.78 bits per heavy atom. The van der Waals surface area contributed by atoms with Gasteiger partial charge in [-0.15, -0.1) is 11.8 Å². The van der Waals surface area contributed by atoms with E-state index >= 15 is 0 Å². The first kappa shape index (κ1) is 22.5. The number of fused-ring (bicyclic) bond motifs is 1. The SMILES string of the molecule is Cc1ccc(C)c2sc(N(Cc3ccccn3)C(=O)Cc3ccc(SC(C)C)cc3)nc12. The molecule has 0 bridgehead atoms. The molecule has 0 aliphatic heterocycles. The van der Waals surface area contributed by atoms with Crippen molar-refractivity contribution in [3.05, 3.63) is 83.2 Å². The molecule has 0 unspecified atom stereocenters. The highest BCUT2D eigenvalue weighted by Gasteiger charge is 2.22. The van der Waals surface area contributed by atoms with Gasteiger partial charge in [-0.1, -0.05) is 55.5 Å². The number of anilines is 1. The van der Waals surface area contributed by atoms with E-state index in [-0.39, 0.29) is 5.91 Å². The van der Waals surface area contributed by atoms with Gasteiger partial charge in [0.25, 0.3) is 0 Å². The van der Waals surface area contributed by atoms with E-state index in [9.17, 15) is 4.79 Å². The number of thiazole rings is 1. The molecule has 0 spiro atoms. The van der Waals surface area contributed by atoms with E-state index in [0.29, 0.717) is 18.2 Å². The molecular formula is C26H27N3OS2. The van der Waals surface area contributed by atoms with Gasteiger partial charge in [-0.05, 0) is 54.8 Å². The predicted molar refractivity (Wildman–Crippen MR) is 136 cm³/mol. The highest BCUT2D eigenvalue weighted by molar-refractivity contribution is 7.99. The summed E-state index contributed by atoms with van der Waals surface area (Å²) >= 11 is 3.40. The first-order valence-corrected chi connectivity index (χ1v) is 12.4. The molecule has 1 amide bonds. The van der Waals surface area contributed by atoms with Crippen molar-refractivity contribution in [3.63, 3.8) is 0 Å². The van der Waals surface area contributed by atoms with E-state index in [0.717, 1.165) is 32.2 Å². The predicted octanol–water partition coefficient (Wildman–Crippen LogP) is 6.58. The zero-order valence-electron chi connectivity index (χ0n) is 18.8. The van der Waals surface area contributed by atoms with Gasteiger partial charge in [0.2, 0.25) is 5.91 Å². The van der Waals surface area contributed by atoms with E-state index in [1.807, 2.05) is 42.1 Å². The largest absolute Gasteiger partial charge is 0.282 e. The molecule has 0 aliphatic rings. The molecule has 6 heteroatoms. The molecule has 4 aromatic rings. The molecule has 0 aliphatic carbocycles. The molecule has 32 heavy (non-hydrogen) atoms. The number of hydrogen-bond donors (Lipinski definition) is 0. The average Bonchev–Trinajstić information content (AvgIpc) is 3.23. The van der Waals surface area contributed by atoms with Gasteiger partial charge in [0.15, 0.2) is 5.13 Å². The minimum Gasteiger partial charge on any atom is -0.282 e. The number of carbonyl (C=O) groups is 1. The van der Waals surface area contributed by atoms with Crippen LogP contribution in [0.5, 0.6) is 0 Å². The Labute approximate surface area is 197 Å². The van der Waals surface area contributed by atoms with Crippen LogP contribution in [0.25, 0.3) is 10.2 Å². The summed E-state index contributed by atoms with van der Waals surface area (Å²) in [6.07, 6.45) is 2.09. The van der Waals surface area contributed by atoms with Gasteiger partial charge >= 0.3 is 0 Å². The van der Waals surface area contributed by atoms with Crippen LogP contribution in [0.3, 0.4) is 0 Å². The van der Waals surface area contributed by atoms with E-state index in [2.05, 4.69) is 56.9 Å². The van der Waals surface area contributed by atoms with Gasteiger partial charge in [-0.25, -0.2) is 4.98 Å². The Kier molecular flexibility index (Phi) is 6.92. The normalized spacial score (nSPS) is 11.3. The van der Waals surface area contributed by atoms with Crippen LogP contribution in [0.2, 0.25) is 0 Å². The maximum absolute atomic E-state index is 13.5. The summed E-state index contributed by atoms with van der Waals surface area (Å²) in [5, 5.41) is 1.25. The zero-order valence-corrected chi connectivity index (χ0v) is 20.5. The molecule has 0 saturated heterocycles. The highest BCUT2D eigenvalue weighted by atomic mass is 32.2. The van der Waals surface area contributed by atoms with Crippen molar-refractivity contribution in [2.45, 2.75) is 50.8 Å². The fraction of sp³-hybridized carbons (Fsp3) is 0.269. The Morgan fingerprint density at radius 1 is 1.03 bits per heavy atom. The molecule has 2 aromatic carbocycles. The standard InChI is InChI=1S/C26H27N3OS2/c1-17(2)31-22-12-10-20(11-13-22)15-23(30)29(16-21-7-5-6-14-27-21)26-28-24-18(3)8-9-19(4)25(24)32-26/h5-14,17H,15-16H2,1-4H3. The third-order valence-electron chi connectivity index (χ3n) is 5.16. The minimum atomic E-state index is 0.0225. The molecule has 0 fully saturated rings. The van der Waals surface area contributed by atoms with E-state index in [4.69, 9.17) is 4.98 Å². The molecule has 2 aromatic heterocycles. The number of nitrogens with zero attached hydrogens (tertiary/aromatic N) is 3. The molecule has 4 rings (SSSR count). The van der Waals surface area contributed by atoms with Crippen LogP contribution in [0.1, 0.15) is 36.2 Å². The summed E-state index contributed by atoms with van der Waals surface area (Å²) in [5.74, 6) is 0.0225. The topological polar surface area (TPSA) is 46.1 Å². The van der Waals surface area contributed by atoms with Crippen molar-refractivity contribution in [1.82, 2.24) is 9.97 Å². The summed E-state index contributed by atoms with van der Waals surface area (Å²) in [6.45, 7) is 8.91. The number of aromatic nitrogens is 2. The number of aryl methyl sites for hydroxylation is 2. The lowest BCUT2D eigenvalue weighted by Gasteiger charge is -2.20. The van der Waals surface area contributed by atoms with Gasteiger partial charge in [0.1, 0.15) is 0 Å². The van der Waals surface area contributed by atoms with E-state index in [1.165, 1.54) is 10.5 Å². The van der Waals surface area contributed by atoms with Crippen LogP contribution in [0.4, 0.5) is 5.13 Å². The third-order valence-corrected chi connectivity index (χ3v) is 7.39. The molecular weight excluding hydrogens is 434 g/mol. The van der Waals surface area contributed by atoms with E-state index in [1.54, 1.807) is 22.4 Å². The first-order chi connectivity index (χ1) is 15.4. The highest BCUT2D eigenvalue weighted by Crippen LogP contribution is 2.34. The molecule has 164 valence electrons. The fourth-order valence-electron chi connectivity index (χ4n) is 3.51. The lowest BCUT2D eigenvalue weighted by molar-refractivity contribution is -0.118. The van der Waals surface area contributed by atoms with E-state index < -0.39 is 0 Å².